The first-order valence-corrected chi connectivity index (χ1v) is 8.81. The van der Waals surface area contributed by atoms with Gasteiger partial charge in [0.1, 0.15) is 0 Å². The van der Waals surface area contributed by atoms with Crippen LogP contribution in [0.1, 0.15) is 12.5 Å². The van der Waals surface area contributed by atoms with Crippen LogP contribution in [0.15, 0.2) is 53.4 Å². The van der Waals surface area contributed by atoms with Gasteiger partial charge in [-0.2, -0.15) is 0 Å². The highest BCUT2D eigenvalue weighted by Gasteiger charge is 2.11. The maximum absolute atomic E-state index is 12.0. The first-order chi connectivity index (χ1) is 10.4. The molecule has 0 spiro atoms. The van der Waals surface area contributed by atoms with Gasteiger partial charge in [0, 0.05) is 10.7 Å². The monoisotopic (exact) mass is 337 g/mol. The average molecular weight is 338 g/mol. The van der Waals surface area contributed by atoms with Crippen molar-refractivity contribution in [3.63, 3.8) is 0 Å². The Morgan fingerprint density at radius 1 is 1.14 bits per heavy atom. The number of amides is 1. The maximum atomic E-state index is 12.0. The highest BCUT2D eigenvalue weighted by Crippen LogP contribution is 2.16. The summed E-state index contributed by atoms with van der Waals surface area (Å²) in [6, 6.07) is 13.2. The van der Waals surface area contributed by atoms with Gasteiger partial charge in [0.25, 0.3) is 0 Å². The van der Waals surface area contributed by atoms with E-state index in [9.17, 15) is 13.2 Å². The fourth-order valence-corrected chi connectivity index (χ4v) is 3.05. The fourth-order valence-electron chi connectivity index (χ4n) is 1.95. The average Bonchev–Trinajstić information content (AvgIpc) is 2.47. The normalized spacial score (nSPS) is 11.2. The summed E-state index contributed by atoms with van der Waals surface area (Å²) in [7, 11) is -3.22. The molecule has 1 amide bonds. The second kappa shape index (κ2) is 6.94. The Kier molecular flexibility index (Phi) is 5.21. The number of hydrogen-bond donors (Lipinski definition) is 1. The molecule has 6 heteroatoms. The number of carbonyl (C=O) groups excluding carboxylic acids is 1. The first-order valence-electron chi connectivity index (χ1n) is 6.78. The van der Waals surface area contributed by atoms with Gasteiger partial charge in [-0.05, 0) is 42.0 Å². The van der Waals surface area contributed by atoms with E-state index in [1.165, 1.54) is 12.1 Å². The number of sulfone groups is 1. The van der Waals surface area contributed by atoms with Gasteiger partial charge in [0.2, 0.25) is 5.91 Å². The number of carbonyl (C=O) groups is 1. The third-order valence-electron chi connectivity index (χ3n) is 3.13. The molecular weight excluding hydrogens is 322 g/mol. The van der Waals surface area contributed by atoms with Crippen molar-refractivity contribution in [2.45, 2.75) is 18.2 Å². The van der Waals surface area contributed by atoms with Crippen LogP contribution in [-0.4, -0.2) is 20.1 Å². The van der Waals surface area contributed by atoms with Crippen molar-refractivity contribution >= 4 is 33.0 Å². The van der Waals surface area contributed by atoms with Gasteiger partial charge in [0.05, 0.1) is 17.1 Å². The highest BCUT2D eigenvalue weighted by atomic mass is 35.5. The van der Waals surface area contributed by atoms with E-state index in [0.29, 0.717) is 10.7 Å². The van der Waals surface area contributed by atoms with E-state index in [-0.39, 0.29) is 23.0 Å². The first kappa shape index (κ1) is 16.5. The van der Waals surface area contributed by atoms with Crippen molar-refractivity contribution in [3.8, 4) is 0 Å². The molecule has 2 aromatic rings. The zero-order valence-electron chi connectivity index (χ0n) is 12.0. The van der Waals surface area contributed by atoms with Gasteiger partial charge in [-0.1, -0.05) is 30.7 Å². The van der Waals surface area contributed by atoms with Crippen molar-refractivity contribution in [1.29, 1.82) is 0 Å². The van der Waals surface area contributed by atoms with Crippen molar-refractivity contribution in [2.75, 3.05) is 11.1 Å². The molecule has 116 valence electrons. The maximum Gasteiger partial charge on any atom is 0.228 e. The second-order valence-corrected chi connectivity index (χ2v) is 7.50. The Morgan fingerprint density at radius 3 is 2.41 bits per heavy atom. The molecule has 0 aliphatic rings. The molecule has 0 bridgehead atoms. The lowest BCUT2D eigenvalue weighted by Crippen LogP contribution is -2.14. The summed E-state index contributed by atoms with van der Waals surface area (Å²) in [5.41, 5.74) is 1.37. The topological polar surface area (TPSA) is 63.2 Å². The molecule has 2 aromatic carbocycles. The van der Waals surface area contributed by atoms with Crippen LogP contribution in [0.2, 0.25) is 5.02 Å². The molecule has 2 rings (SSSR count). The minimum atomic E-state index is -3.22. The smallest absolute Gasteiger partial charge is 0.228 e. The zero-order chi connectivity index (χ0) is 16.2. The predicted molar refractivity (Wildman–Crippen MR) is 88.0 cm³/mol. The molecule has 0 atom stereocenters. The summed E-state index contributed by atoms with van der Waals surface area (Å²) < 4.78 is 23.4. The van der Waals surface area contributed by atoms with E-state index in [1.54, 1.807) is 37.3 Å². The predicted octanol–water partition coefficient (Wildman–Crippen LogP) is 3.31. The number of benzene rings is 2. The summed E-state index contributed by atoms with van der Waals surface area (Å²) in [6.45, 7) is 1.59. The number of halogens is 1. The minimum absolute atomic E-state index is 0.0491. The Bertz CT molecular complexity index is 770. The Labute approximate surface area is 135 Å². The molecule has 0 fully saturated rings. The lowest BCUT2D eigenvalue weighted by molar-refractivity contribution is -0.115. The van der Waals surface area contributed by atoms with Crippen LogP contribution < -0.4 is 5.32 Å². The standard InChI is InChI=1S/C16H16ClNO3S/c1-2-22(20,21)15-8-6-14(7-9-15)18-16(19)11-12-4-3-5-13(17)10-12/h3-10H,2,11H2,1H3,(H,18,19). The quantitative estimate of drug-likeness (QED) is 0.910. The summed E-state index contributed by atoms with van der Waals surface area (Å²) in [5, 5.41) is 3.31. The Balaban J connectivity index is 2.03. The molecule has 0 aliphatic heterocycles. The van der Waals surface area contributed by atoms with E-state index in [2.05, 4.69) is 5.32 Å². The van der Waals surface area contributed by atoms with Crippen molar-refractivity contribution < 1.29 is 13.2 Å². The van der Waals surface area contributed by atoms with Crippen LogP contribution in [0.4, 0.5) is 5.69 Å². The molecule has 0 aromatic heterocycles. The molecule has 0 heterocycles. The van der Waals surface area contributed by atoms with Gasteiger partial charge in [-0.25, -0.2) is 8.42 Å². The number of hydrogen-bond acceptors (Lipinski definition) is 3. The van der Waals surface area contributed by atoms with Gasteiger partial charge in [-0.15, -0.1) is 0 Å². The van der Waals surface area contributed by atoms with E-state index in [0.717, 1.165) is 5.56 Å². The summed E-state index contributed by atoms with van der Waals surface area (Å²) >= 11 is 5.87. The van der Waals surface area contributed by atoms with Gasteiger partial charge in [-0.3, -0.25) is 4.79 Å². The molecule has 22 heavy (non-hydrogen) atoms. The van der Waals surface area contributed by atoms with E-state index in [4.69, 9.17) is 11.6 Å². The number of anilines is 1. The van der Waals surface area contributed by atoms with Gasteiger partial charge < -0.3 is 5.32 Å². The lowest BCUT2D eigenvalue weighted by Gasteiger charge is -2.07. The molecule has 0 radical (unpaired) electrons. The summed E-state index contributed by atoms with van der Waals surface area (Å²) in [4.78, 5) is 12.2. The van der Waals surface area contributed by atoms with Gasteiger partial charge >= 0.3 is 0 Å². The SMILES string of the molecule is CCS(=O)(=O)c1ccc(NC(=O)Cc2cccc(Cl)c2)cc1. The third-order valence-corrected chi connectivity index (χ3v) is 5.12. The zero-order valence-corrected chi connectivity index (χ0v) is 13.6. The minimum Gasteiger partial charge on any atom is -0.326 e. The lowest BCUT2D eigenvalue weighted by atomic mass is 10.1. The van der Waals surface area contributed by atoms with Crippen LogP contribution in [0, 0.1) is 0 Å². The van der Waals surface area contributed by atoms with Crippen LogP contribution >= 0.6 is 11.6 Å². The molecule has 4 nitrogen and oxygen atoms in total. The molecule has 0 aliphatic carbocycles. The highest BCUT2D eigenvalue weighted by molar-refractivity contribution is 7.91. The van der Waals surface area contributed by atoms with E-state index in [1.807, 2.05) is 6.07 Å². The molecule has 0 unspecified atom stereocenters. The van der Waals surface area contributed by atoms with Crippen LogP contribution in [-0.2, 0) is 21.1 Å². The van der Waals surface area contributed by atoms with Crippen molar-refractivity contribution in [2.24, 2.45) is 0 Å². The largest absolute Gasteiger partial charge is 0.326 e. The van der Waals surface area contributed by atoms with Crippen LogP contribution in [0.25, 0.3) is 0 Å². The third kappa shape index (κ3) is 4.32. The molecule has 0 saturated carbocycles. The summed E-state index contributed by atoms with van der Waals surface area (Å²) in [6.07, 6.45) is 0.204. The fraction of sp³-hybridized carbons (Fsp3) is 0.188. The number of rotatable bonds is 5. The molecule has 1 N–H and O–H groups in total. The van der Waals surface area contributed by atoms with Gasteiger partial charge in [0.15, 0.2) is 9.84 Å². The molecular formula is C16H16ClNO3S. The van der Waals surface area contributed by atoms with E-state index >= 15 is 0 Å². The van der Waals surface area contributed by atoms with Crippen LogP contribution in [0.5, 0.6) is 0 Å². The second-order valence-electron chi connectivity index (χ2n) is 4.78. The van der Waals surface area contributed by atoms with Crippen LogP contribution in [0.3, 0.4) is 0 Å². The van der Waals surface area contributed by atoms with Crippen molar-refractivity contribution in [3.05, 3.63) is 59.1 Å². The Hall–Kier alpha value is -1.85. The van der Waals surface area contributed by atoms with Crippen molar-refractivity contribution in [1.82, 2.24) is 0 Å². The number of nitrogens with one attached hydrogen (secondary N) is 1. The summed E-state index contributed by atoms with van der Waals surface area (Å²) in [5.74, 6) is -0.138. The Morgan fingerprint density at radius 2 is 1.82 bits per heavy atom. The molecule has 0 saturated heterocycles. The van der Waals surface area contributed by atoms with E-state index < -0.39 is 9.84 Å².